The molecule has 1 aromatic carbocycles. The molecule has 114 valence electrons. The largest absolute Gasteiger partial charge is 0.349 e. The highest BCUT2D eigenvalue weighted by Gasteiger charge is 2.18. The topological polar surface area (TPSA) is 77.1 Å². The van der Waals surface area contributed by atoms with Crippen molar-refractivity contribution in [2.45, 2.75) is 31.8 Å². The molecule has 3 N–H and O–H groups in total. The Labute approximate surface area is 129 Å². The molecular formula is C14H18ClN3O2S. The van der Waals surface area contributed by atoms with Crippen molar-refractivity contribution in [2.24, 2.45) is 5.73 Å². The Kier molecular flexibility index (Phi) is 4.61. The first-order chi connectivity index (χ1) is 9.87. The Hall–Kier alpha value is -1.50. The number of rotatable bonds is 5. The fourth-order valence-corrected chi connectivity index (χ4v) is 3.30. The average Bonchev–Trinajstić information content (AvgIpc) is 2.86. The van der Waals surface area contributed by atoms with Gasteiger partial charge in [-0.25, -0.2) is 8.42 Å². The molecule has 0 saturated carbocycles. The number of nitrogens with two attached hydrogens (primary N) is 1. The quantitative estimate of drug-likeness (QED) is 0.886. The van der Waals surface area contributed by atoms with Gasteiger partial charge in [-0.15, -0.1) is 0 Å². The lowest BCUT2D eigenvalue weighted by molar-refractivity contribution is 0.600. The van der Waals surface area contributed by atoms with Gasteiger partial charge in [-0.05, 0) is 37.6 Å². The third-order valence-electron chi connectivity index (χ3n) is 3.25. The molecule has 1 aromatic heterocycles. The van der Waals surface area contributed by atoms with Gasteiger partial charge in [0.2, 0.25) is 0 Å². The van der Waals surface area contributed by atoms with Crippen LogP contribution in [-0.4, -0.2) is 13.0 Å². The summed E-state index contributed by atoms with van der Waals surface area (Å²) in [5, 5.41) is 0.518. The third kappa shape index (κ3) is 3.40. The summed E-state index contributed by atoms with van der Waals surface area (Å²) in [6.07, 6.45) is 1.58. The normalized spacial score (nSPS) is 11.6. The number of hydrogen-bond donors (Lipinski definition) is 2. The number of nitrogens with zero attached hydrogens (tertiary/aromatic N) is 1. The number of nitrogens with one attached hydrogen (secondary N) is 1. The van der Waals surface area contributed by atoms with Crippen LogP contribution in [0.3, 0.4) is 0 Å². The predicted octanol–water partition coefficient (Wildman–Crippen LogP) is 2.73. The Balaban J connectivity index is 2.33. The summed E-state index contributed by atoms with van der Waals surface area (Å²) in [6.45, 7) is 4.75. The van der Waals surface area contributed by atoms with E-state index in [9.17, 15) is 8.42 Å². The summed E-state index contributed by atoms with van der Waals surface area (Å²) in [5.74, 6) is 0. The van der Waals surface area contributed by atoms with E-state index in [2.05, 4.69) is 4.72 Å². The van der Waals surface area contributed by atoms with E-state index in [1.165, 1.54) is 0 Å². The second kappa shape index (κ2) is 6.09. The van der Waals surface area contributed by atoms with Crippen LogP contribution < -0.4 is 10.5 Å². The van der Waals surface area contributed by atoms with Gasteiger partial charge in [0.15, 0.2) is 0 Å². The molecule has 7 heteroatoms. The molecule has 0 unspecified atom stereocenters. The second-order valence-corrected chi connectivity index (χ2v) is 6.82. The lowest BCUT2D eigenvalue weighted by Gasteiger charge is -2.07. The Bertz CT molecular complexity index is 732. The van der Waals surface area contributed by atoms with E-state index in [0.717, 1.165) is 11.3 Å². The second-order valence-electron chi connectivity index (χ2n) is 4.73. The van der Waals surface area contributed by atoms with E-state index in [-0.39, 0.29) is 4.90 Å². The maximum absolute atomic E-state index is 12.4. The van der Waals surface area contributed by atoms with Crippen LogP contribution in [0.5, 0.6) is 0 Å². The van der Waals surface area contributed by atoms with Crippen molar-refractivity contribution in [2.75, 3.05) is 4.72 Å². The molecule has 0 aliphatic heterocycles. The minimum atomic E-state index is -3.65. The number of aromatic nitrogens is 1. The lowest BCUT2D eigenvalue weighted by atomic mass is 10.2. The van der Waals surface area contributed by atoms with Crippen molar-refractivity contribution in [3.8, 4) is 0 Å². The monoisotopic (exact) mass is 327 g/mol. The first-order valence-corrected chi connectivity index (χ1v) is 8.41. The summed E-state index contributed by atoms with van der Waals surface area (Å²) in [6, 6.07) is 6.62. The lowest BCUT2D eigenvalue weighted by Crippen LogP contribution is -2.12. The summed E-state index contributed by atoms with van der Waals surface area (Å²) in [5.41, 5.74) is 7.72. The van der Waals surface area contributed by atoms with Crippen LogP contribution >= 0.6 is 11.6 Å². The van der Waals surface area contributed by atoms with Gasteiger partial charge in [0.05, 0.1) is 5.69 Å². The number of sulfonamides is 1. The van der Waals surface area contributed by atoms with Crippen LogP contribution in [0.4, 0.5) is 5.69 Å². The fraction of sp³-hybridized carbons (Fsp3) is 0.286. The highest BCUT2D eigenvalue weighted by Crippen LogP contribution is 2.23. The standard InChI is InChI=1S/C14H18ClN3O2S/c1-3-18-9-13(7-12(18)8-16)21(19,20)17-11-5-4-10(2)14(15)6-11/h4-7,9,17H,3,8,16H2,1-2H3. The Morgan fingerprint density at radius 1 is 1.33 bits per heavy atom. The van der Waals surface area contributed by atoms with Gasteiger partial charge in [-0.2, -0.15) is 0 Å². The minimum Gasteiger partial charge on any atom is -0.349 e. The highest BCUT2D eigenvalue weighted by molar-refractivity contribution is 7.92. The van der Waals surface area contributed by atoms with Gasteiger partial charge in [0.25, 0.3) is 10.0 Å². The van der Waals surface area contributed by atoms with Crippen LogP contribution in [-0.2, 0) is 23.1 Å². The van der Waals surface area contributed by atoms with Gasteiger partial charge in [0, 0.05) is 30.0 Å². The van der Waals surface area contributed by atoms with Gasteiger partial charge in [-0.3, -0.25) is 4.72 Å². The zero-order chi connectivity index (χ0) is 15.6. The highest BCUT2D eigenvalue weighted by atomic mass is 35.5. The van der Waals surface area contributed by atoms with Crippen LogP contribution in [0, 0.1) is 6.92 Å². The minimum absolute atomic E-state index is 0.196. The van der Waals surface area contributed by atoms with Crippen molar-refractivity contribution >= 4 is 27.3 Å². The van der Waals surface area contributed by atoms with E-state index in [4.69, 9.17) is 17.3 Å². The van der Waals surface area contributed by atoms with Crippen molar-refractivity contribution in [1.82, 2.24) is 4.57 Å². The molecule has 0 aliphatic carbocycles. The first-order valence-electron chi connectivity index (χ1n) is 6.55. The number of halogens is 1. The maximum atomic E-state index is 12.4. The van der Waals surface area contributed by atoms with Crippen LogP contribution in [0.2, 0.25) is 5.02 Å². The number of hydrogen-bond acceptors (Lipinski definition) is 3. The van der Waals surface area contributed by atoms with Crippen LogP contribution in [0.1, 0.15) is 18.2 Å². The van der Waals surface area contributed by atoms with Crippen LogP contribution in [0.25, 0.3) is 0 Å². The molecular weight excluding hydrogens is 310 g/mol. The average molecular weight is 328 g/mol. The zero-order valence-electron chi connectivity index (χ0n) is 11.9. The van der Waals surface area contributed by atoms with Gasteiger partial charge < -0.3 is 10.3 Å². The predicted molar refractivity (Wildman–Crippen MR) is 85.0 cm³/mol. The molecule has 1 heterocycles. The molecule has 0 radical (unpaired) electrons. The van der Waals surface area contributed by atoms with E-state index < -0.39 is 10.0 Å². The molecule has 0 fully saturated rings. The Morgan fingerprint density at radius 2 is 2.05 bits per heavy atom. The molecule has 0 atom stereocenters. The molecule has 21 heavy (non-hydrogen) atoms. The Morgan fingerprint density at radius 3 is 2.57 bits per heavy atom. The number of anilines is 1. The van der Waals surface area contributed by atoms with Crippen molar-refractivity contribution in [1.29, 1.82) is 0 Å². The molecule has 0 saturated heterocycles. The van der Waals surface area contributed by atoms with Crippen LogP contribution in [0.15, 0.2) is 35.4 Å². The van der Waals surface area contributed by atoms with Crippen molar-refractivity contribution in [3.05, 3.63) is 46.7 Å². The van der Waals surface area contributed by atoms with E-state index >= 15 is 0 Å². The first kappa shape index (κ1) is 15.9. The van der Waals surface area contributed by atoms with Crippen molar-refractivity contribution < 1.29 is 8.42 Å². The maximum Gasteiger partial charge on any atom is 0.263 e. The molecule has 5 nitrogen and oxygen atoms in total. The van der Waals surface area contributed by atoms with Gasteiger partial charge in [-0.1, -0.05) is 17.7 Å². The van der Waals surface area contributed by atoms with E-state index in [0.29, 0.717) is 23.8 Å². The molecule has 2 rings (SSSR count). The smallest absolute Gasteiger partial charge is 0.263 e. The third-order valence-corrected chi connectivity index (χ3v) is 5.00. The molecule has 0 aliphatic rings. The SMILES string of the molecule is CCn1cc(S(=O)(=O)Nc2ccc(C)c(Cl)c2)cc1CN. The molecule has 0 bridgehead atoms. The summed E-state index contributed by atoms with van der Waals surface area (Å²) >= 11 is 6.01. The van der Waals surface area contributed by atoms with E-state index in [1.54, 1.807) is 30.5 Å². The van der Waals surface area contributed by atoms with E-state index in [1.807, 2.05) is 18.4 Å². The summed E-state index contributed by atoms with van der Waals surface area (Å²) < 4.78 is 29.1. The molecule has 0 spiro atoms. The number of aryl methyl sites for hydroxylation is 2. The van der Waals surface area contributed by atoms with Gasteiger partial charge in [0.1, 0.15) is 4.90 Å². The molecule has 2 aromatic rings. The fourth-order valence-electron chi connectivity index (χ4n) is 2.01. The summed E-state index contributed by atoms with van der Waals surface area (Å²) in [4.78, 5) is 0.196. The van der Waals surface area contributed by atoms with Gasteiger partial charge >= 0.3 is 0 Å². The molecule has 0 amide bonds. The van der Waals surface area contributed by atoms with Crippen molar-refractivity contribution in [3.63, 3.8) is 0 Å². The summed E-state index contributed by atoms with van der Waals surface area (Å²) in [7, 11) is -3.65. The number of benzene rings is 1. The zero-order valence-corrected chi connectivity index (χ0v) is 13.5.